The third kappa shape index (κ3) is 4.29. The molecule has 0 aliphatic carbocycles. The van der Waals surface area contributed by atoms with Crippen molar-refractivity contribution in [3.63, 3.8) is 0 Å². The summed E-state index contributed by atoms with van der Waals surface area (Å²) < 4.78 is 5.99. The van der Waals surface area contributed by atoms with E-state index in [1.165, 1.54) is 22.5 Å². The van der Waals surface area contributed by atoms with Gasteiger partial charge >= 0.3 is 0 Å². The Morgan fingerprint density at radius 2 is 1.88 bits per heavy atom. The Kier molecular flexibility index (Phi) is 5.38. The Morgan fingerprint density at radius 1 is 1.15 bits per heavy atom. The van der Waals surface area contributed by atoms with Crippen molar-refractivity contribution in [2.75, 3.05) is 0 Å². The van der Waals surface area contributed by atoms with Crippen molar-refractivity contribution >= 4 is 17.3 Å². The molecule has 0 aliphatic rings. The maximum Gasteiger partial charge on any atom is 0.123 e. The number of carboxylic acid groups (broad SMARTS) is 1. The molecule has 0 amide bonds. The van der Waals surface area contributed by atoms with E-state index in [-0.39, 0.29) is 6.42 Å². The standard InChI is InChI=1S/C21H21NO3S/c1-13-8-14(2)15(3)19(9-13)25-11-16-4-6-17(7-5-16)21-22-18(12-26-21)10-20(23)24/h4-9,12H,10-11H2,1-3H3,(H,23,24)/p-1. The molecule has 0 N–H and O–H groups in total. The fourth-order valence-corrected chi connectivity index (χ4v) is 3.55. The first kappa shape index (κ1) is 18.1. The van der Waals surface area contributed by atoms with Gasteiger partial charge in [0, 0.05) is 23.3 Å². The number of rotatable bonds is 6. The van der Waals surface area contributed by atoms with Crippen LogP contribution in [0.3, 0.4) is 0 Å². The highest BCUT2D eigenvalue weighted by atomic mass is 32.1. The van der Waals surface area contributed by atoms with E-state index in [1.807, 2.05) is 24.3 Å². The summed E-state index contributed by atoms with van der Waals surface area (Å²) in [6, 6.07) is 12.2. The van der Waals surface area contributed by atoms with Crippen LogP contribution in [0.25, 0.3) is 10.6 Å². The number of thiazole rings is 1. The smallest absolute Gasteiger partial charge is 0.123 e. The number of aliphatic carboxylic acids is 1. The van der Waals surface area contributed by atoms with Crippen LogP contribution in [-0.2, 0) is 17.8 Å². The first-order valence-electron chi connectivity index (χ1n) is 8.36. The van der Waals surface area contributed by atoms with Gasteiger partial charge in [-0.2, -0.15) is 0 Å². The zero-order valence-corrected chi connectivity index (χ0v) is 15.9. The van der Waals surface area contributed by atoms with E-state index in [2.05, 4.69) is 37.9 Å². The SMILES string of the molecule is Cc1cc(C)c(C)c(OCc2ccc(-c3nc(CC(=O)[O-])cs3)cc2)c1. The van der Waals surface area contributed by atoms with Gasteiger partial charge in [-0.25, -0.2) is 4.98 Å². The molecular formula is C21H20NO3S-. The minimum atomic E-state index is -1.11. The summed E-state index contributed by atoms with van der Waals surface area (Å²) >= 11 is 1.43. The highest BCUT2D eigenvalue weighted by Gasteiger charge is 2.07. The Bertz CT molecular complexity index is 929. The molecule has 0 fully saturated rings. The molecule has 0 saturated carbocycles. The lowest BCUT2D eigenvalue weighted by Crippen LogP contribution is -2.24. The molecule has 2 aromatic carbocycles. The third-order valence-electron chi connectivity index (χ3n) is 4.24. The van der Waals surface area contributed by atoms with E-state index in [0.29, 0.717) is 12.3 Å². The monoisotopic (exact) mass is 366 g/mol. The van der Waals surface area contributed by atoms with Crippen LogP contribution in [0.15, 0.2) is 41.8 Å². The summed E-state index contributed by atoms with van der Waals surface area (Å²) in [5.41, 5.74) is 6.14. The number of carboxylic acids is 1. The number of benzene rings is 2. The maximum absolute atomic E-state index is 10.7. The van der Waals surface area contributed by atoms with E-state index in [1.54, 1.807) is 5.38 Å². The summed E-state index contributed by atoms with van der Waals surface area (Å²) in [7, 11) is 0. The van der Waals surface area contributed by atoms with E-state index in [9.17, 15) is 9.90 Å². The van der Waals surface area contributed by atoms with Crippen molar-refractivity contribution in [3.05, 3.63) is 69.7 Å². The molecule has 26 heavy (non-hydrogen) atoms. The fraction of sp³-hybridized carbons (Fsp3) is 0.238. The molecule has 5 heteroatoms. The molecule has 0 aliphatic heterocycles. The number of aryl methyl sites for hydroxylation is 2. The van der Waals surface area contributed by atoms with Crippen molar-refractivity contribution in [2.45, 2.75) is 33.8 Å². The number of carbonyl (C=O) groups is 1. The average molecular weight is 366 g/mol. The normalized spacial score (nSPS) is 10.7. The highest BCUT2D eigenvalue weighted by Crippen LogP contribution is 2.26. The van der Waals surface area contributed by atoms with Crippen LogP contribution in [0.4, 0.5) is 0 Å². The molecule has 134 valence electrons. The van der Waals surface area contributed by atoms with Crippen LogP contribution >= 0.6 is 11.3 Å². The number of aromatic nitrogens is 1. The third-order valence-corrected chi connectivity index (χ3v) is 5.18. The molecule has 0 spiro atoms. The zero-order chi connectivity index (χ0) is 18.7. The number of ether oxygens (including phenoxy) is 1. The predicted octanol–water partition coefficient (Wildman–Crippen LogP) is 3.61. The average Bonchev–Trinajstić information content (AvgIpc) is 3.05. The van der Waals surface area contributed by atoms with Crippen LogP contribution in [0.1, 0.15) is 27.9 Å². The molecule has 0 saturated heterocycles. The predicted molar refractivity (Wildman–Crippen MR) is 101 cm³/mol. The fourth-order valence-electron chi connectivity index (χ4n) is 2.72. The van der Waals surface area contributed by atoms with Gasteiger partial charge in [0.05, 0.1) is 5.69 Å². The van der Waals surface area contributed by atoms with Gasteiger partial charge in [-0.15, -0.1) is 11.3 Å². The molecule has 0 unspecified atom stereocenters. The lowest BCUT2D eigenvalue weighted by atomic mass is 10.1. The quantitative estimate of drug-likeness (QED) is 0.669. The Labute approximate surface area is 157 Å². The van der Waals surface area contributed by atoms with Crippen LogP contribution in [0.2, 0.25) is 0 Å². The molecule has 4 nitrogen and oxygen atoms in total. The molecule has 1 heterocycles. The molecule has 0 atom stereocenters. The molecular weight excluding hydrogens is 346 g/mol. The summed E-state index contributed by atoms with van der Waals surface area (Å²) in [4.78, 5) is 15.0. The zero-order valence-electron chi connectivity index (χ0n) is 15.0. The van der Waals surface area contributed by atoms with E-state index in [0.717, 1.165) is 27.4 Å². The molecule has 3 aromatic rings. The van der Waals surface area contributed by atoms with Crippen LogP contribution in [-0.4, -0.2) is 11.0 Å². The summed E-state index contributed by atoms with van der Waals surface area (Å²) in [6.07, 6.45) is -0.155. The molecule has 0 radical (unpaired) electrons. The first-order valence-corrected chi connectivity index (χ1v) is 9.24. The van der Waals surface area contributed by atoms with E-state index < -0.39 is 5.97 Å². The van der Waals surface area contributed by atoms with Crippen LogP contribution in [0, 0.1) is 20.8 Å². The number of carbonyl (C=O) groups excluding carboxylic acids is 1. The van der Waals surface area contributed by atoms with Gasteiger partial charge in [0.1, 0.15) is 17.4 Å². The van der Waals surface area contributed by atoms with Gasteiger partial charge in [0.2, 0.25) is 0 Å². The summed E-state index contributed by atoms with van der Waals surface area (Å²) in [6.45, 7) is 6.72. The number of hydrogen-bond acceptors (Lipinski definition) is 5. The lowest BCUT2D eigenvalue weighted by molar-refractivity contribution is -0.304. The second kappa shape index (κ2) is 7.70. The van der Waals surface area contributed by atoms with Crippen molar-refractivity contribution in [1.82, 2.24) is 4.98 Å². The van der Waals surface area contributed by atoms with E-state index in [4.69, 9.17) is 4.74 Å². The topological polar surface area (TPSA) is 62.2 Å². The second-order valence-corrected chi connectivity index (χ2v) is 7.24. The lowest BCUT2D eigenvalue weighted by Gasteiger charge is -2.12. The second-order valence-electron chi connectivity index (χ2n) is 6.38. The number of hydrogen-bond donors (Lipinski definition) is 0. The van der Waals surface area contributed by atoms with Crippen molar-refractivity contribution in [2.24, 2.45) is 0 Å². The van der Waals surface area contributed by atoms with Crippen molar-refractivity contribution in [1.29, 1.82) is 0 Å². The summed E-state index contributed by atoms with van der Waals surface area (Å²) in [5, 5.41) is 13.2. The van der Waals surface area contributed by atoms with Gasteiger partial charge in [0.15, 0.2) is 0 Å². The van der Waals surface area contributed by atoms with Gasteiger partial charge in [-0.1, -0.05) is 30.3 Å². The van der Waals surface area contributed by atoms with Crippen molar-refractivity contribution in [3.8, 4) is 16.3 Å². The van der Waals surface area contributed by atoms with Gasteiger partial charge in [-0.3, -0.25) is 0 Å². The highest BCUT2D eigenvalue weighted by molar-refractivity contribution is 7.13. The molecule has 0 bridgehead atoms. The van der Waals surface area contributed by atoms with Gasteiger partial charge in [0.25, 0.3) is 0 Å². The largest absolute Gasteiger partial charge is 0.550 e. The number of nitrogens with zero attached hydrogens (tertiary/aromatic N) is 1. The molecule has 1 aromatic heterocycles. The van der Waals surface area contributed by atoms with E-state index >= 15 is 0 Å². The van der Waals surface area contributed by atoms with Crippen LogP contribution in [0.5, 0.6) is 5.75 Å². The Morgan fingerprint density at radius 3 is 2.58 bits per heavy atom. The minimum absolute atomic E-state index is 0.155. The Balaban J connectivity index is 1.68. The molecule has 3 rings (SSSR count). The van der Waals surface area contributed by atoms with Gasteiger partial charge < -0.3 is 14.6 Å². The Hall–Kier alpha value is -2.66. The van der Waals surface area contributed by atoms with Crippen LogP contribution < -0.4 is 9.84 Å². The van der Waals surface area contributed by atoms with Gasteiger partial charge in [-0.05, 0) is 49.1 Å². The van der Waals surface area contributed by atoms with Crippen molar-refractivity contribution < 1.29 is 14.6 Å². The first-order chi connectivity index (χ1) is 12.4. The maximum atomic E-state index is 10.7. The summed E-state index contributed by atoms with van der Waals surface area (Å²) in [5.74, 6) is -0.200. The minimum Gasteiger partial charge on any atom is -0.550 e.